The number of hydrogen-bond acceptors (Lipinski definition) is 4. The van der Waals surface area contributed by atoms with Crippen LogP contribution in [-0.2, 0) is 0 Å². The first-order valence-corrected chi connectivity index (χ1v) is 8.61. The highest BCUT2D eigenvalue weighted by Crippen LogP contribution is 2.27. The molecule has 3 rings (SSSR count). The third kappa shape index (κ3) is 4.26. The minimum Gasteiger partial charge on any atom is -0.467 e. The summed E-state index contributed by atoms with van der Waals surface area (Å²) in [6.07, 6.45) is 5.94. The highest BCUT2D eigenvalue weighted by molar-refractivity contribution is 5.74. The van der Waals surface area contributed by atoms with Crippen molar-refractivity contribution in [2.45, 2.75) is 50.3 Å². The van der Waals surface area contributed by atoms with Gasteiger partial charge < -0.3 is 24.6 Å². The predicted octanol–water partition coefficient (Wildman–Crippen LogP) is 1.97. The first-order valence-electron chi connectivity index (χ1n) is 8.61. The van der Waals surface area contributed by atoms with Gasteiger partial charge >= 0.3 is 6.03 Å². The zero-order chi connectivity index (χ0) is 16.2. The van der Waals surface area contributed by atoms with Gasteiger partial charge in [0.2, 0.25) is 0 Å². The average molecular weight is 321 g/mol. The maximum atomic E-state index is 12.4. The van der Waals surface area contributed by atoms with Crippen LogP contribution in [0, 0.1) is 0 Å². The van der Waals surface area contributed by atoms with Crippen molar-refractivity contribution in [3.8, 4) is 0 Å². The van der Waals surface area contributed by atoms with Crippen LogP contribution in [0.5, 0.6) is 0 Å². The van der Waals surface area contributed by atoms with Crippen molar-refractivity contribution in [2.24, 2.45) is 0 Å². The molecule has 1 saturated heterocycles. The van der Waals surface area contributed by atoms with Gasteiger partial charge in [0.05, 0.1) is 6.26 Å². The smallest absolute Gasteiger partial charge is 0.317 e. The Balaban J connectivity index is 1.44. The molecule has 2 aliphatic rings. The van der Waals surface area contributed by atoms with Gasteiger partial charge in [0, 0.05) is 38.1 Å². The lowest BCUT2D eigenvalue weighted by atomic mass is 10.1. The molecule has 2 fully saturated rings. The summed E-state index contributed by atoms with van der Waals surface area (Å²) < 4.78 is 5.25. The summed E-state index contributed by atoms with van der Waals surface area (Å²) in [6.45, 7) is 2.33. The molecule has 0 spiro atoms. The minimum atomic E-state index is -0.649. The lowest BCUT2D eigenvalue weighted by molar-refractivity contribution is 0.107. The standard InChI is InChI=1S/C17H27N3O3/c1-19(13-6-7-13)10-8-18-17(22)20-9-2-4-14(20)12-15(21)16-5-3-11-23-16/h3,5,11,13-15,21H,2,4,6-10,12H2,1H3,(H,18,22)/t14-,15-/m0/s1. The lowest BCUT2D eigenvalue weighted by Gasteiger charge is -2.27. The van der Waals surface area contributed by atoms with Gasteiger partial charge in [0.25, 0.3) is 0 Å². The maximum absolute atomic E-state index is 12.4. The summed E-state index contributed by atoms with van der Waals surface area (Å²) in [7, 11) is 2.11. The zero-order valence-corrected chi connectivity index (χ0v) is 13.8. The number of aliphatic hydroxyl groups is 1. The van der Waals surface area contributed by atoms with Crippen LogP contribution in [0.15, 0.2) is 22.8 Å². The van der Waals surface area contributed by atoms with Crippen LogP contribution < -0.4 is 5.32 Å². The number of nitrogens with one attached hydrogen (secondary N) is 1. The van der Waals surface area contributed by atoms with E-state index in [-0.39, 0.29) is 12.1 Å². The maximum Gasteiger partial charge on any atom is 0.317 e. The van der Waals surface area contributed by atoms with E-state index >= 15 is 0 Å². The molecule has 2 N–H and O–H groups in total. The molecule has 2 atom stereocenters. The molecule has 1 aliphatic heterocycles. The Hall–Kier alpha value is -1.53. The Bertz CT molecular complexity index is 501. The highest BCUT2D eigenvalue weighted by atomic mass is 16.4. The van der Waals surface area contributed by atoms with E-state index in [1.807, 2.05) is 4.90 Å². The summed E-state index contributed by atoms with van der Waals surface area (Å²) >= 11 is 0. The fourth-order valence-corrected chi connectivity index (χ4v) is 3.34. The number of hydrogen-bond donors (Lipinski definition) is 2. The average Bonchev–Trinajstić information content (AvgIpc) is 3.05. The van der Waals surface area contributed by atoms with Crippen molar-refractivity contribution < 1.29 is 14.3 Å². The quantitative estimate of drug-likeness (QED) is 0.806. The molecule has 0 aromatic carbocycles. The number of nitrogens with zero attached hydrogens (tertiary/aromatic N) is 2. The first kappa shape index (κ1) is 16.3. The normalized spacial score (nSPS) is 22.6. The second-order valence-corrected chi connectivity index (χ2v) is 6.70. The Morgan fingerprint density at radius 3 is 3.04 bits per heavy atom. The van der Waals surface area contributed by atoms with Crippen LogP contribution in [-0.4, -0.2) is 59.7 Å². The largest absolute Gasteiger partial charge is 0.467 e. The van der Waals surface area contributed by atoms with Crippen molar-refractivity contribution in [2.75, 3.05) is 26.7 Å². The Morgan fingerprint density at radius 2 is 2.35 bits per heavy atom. The number of likely N-dealkylation sites (N-methyl/N-ethyl adjacent to an activating group) is 1. The molecule has 0 bridgehead atoms. The highest BCUT2D eigenvalue weighted by Gasteiger charge is 2.31. The molecular formula is C17H27N3O3. The number of likely N-dealkylation sites (tertiary alicyclic amines) is 1. The number of carbonyl (C=O) groups is 1. The fourth-order valence-electron chi connectivity index (χ4n) is 3.34. The van der Waals surface area contributed by atoms with E-state index in [1.165, 1.54) is 12.8 Å². The summed E-state index contributed by atoms with van der Waals surface area (Å²) in [5, 5.41) is 13.2. The Labute approximate surface area is 137 Å². The summed E-state index contributed by atoms with van der Waals surface area (Å²) in [6, 6.07) is 4.33. The number of amides is 2. The second kappa shape index (κ2) is 7.36. The molecular weight excluding hydrogens is 294 g/mol. The summed E-state index contributed by atoms with van der Waals surface area (Å²) in [5.74, 6) is 0.573. The molecule has 1 aromatic heterocycles. The van der Waals surface area contributed by atoms with Gasteiger partial charge in [-0.2, -0.15) is 0 Å². The predicted molar refractivity (Wildman–Crippen MR) is 87.1 cm³/mol. The van der Waals surface area contributed by atoms with Gasteiger partial charge in [-0.05, 0) is 44.9 Å². The van der Waals surface area contributed by atoms with E-state index in [0.29, 0.717) is 18.7 Å². The third-order valence-electron chi connectivity index (χ3n) is 4.92. The monoisotopic (exact) mass is 321 g/mol. The zero-order valence-electron chi connectivity index (χ0n) is 13.8. The van der Waals surface area contributed by atoms with Crippen LogP contribution in [0.2, 0.25) is 0 Å². The van der Waals surface area contributed by atoms with Crippen LogP contribution in [0.1, 0.15) is 44.0 Å². The van der Waals surface area contributed by atoms with Crippen LogP contribution in [0.25, 0.3) is 0 Å². The molecule has 0 unspecified atom stereocenters. The number of aliphatic hydroxyl groups excluding tert-OH is 1. The number of carbonyl (C=O) groups excluding carboxylic acids is 1. The van der Waals surface area contributed by atoms with Gasteiger partial charge in [-0.1, -0.05) is 0 Å². The van der Waals surface area contributed by atoms with Crippen molar-refractivity contribution in [3.63, 3.8) is 0 Å². The fraction of sp³-hybridized carbons (Fsp3) is 0.706. The van der Waals surface area contributed by atoms with Crippen molar-refractivity contribution in [3.05, 3.63) is 24.2 Å². The van der Waals surface area contributed by atoms with Crippen LogP contribution in [0.3, 0.4) is 0 Å². The number of furan rings is 1. The minimum absolute atomic E-state index is 0.0108. The van der Waals surface area contributed by atoms with Crippen molar-refractivity contribution in [1.29, 1.82) is 0 Å². The molecule has 2 heterocycles. The molecule has 1 aliphatic carbocycles. The SMILES string of the molecule is CN(CCNC(=O)N1CCC[C@H]1C[C@H](O)c1ccco1)C1CC1. The van der Waals surface area contributed by atoms with Gasteiger partial charge in [0.1, 0.15) is 11.9 Å². The molecule has 2 amide bonds. The van der Waals surface area contributed by atoms with Gasteiger partial charge in [0.15, 0.2) is 0 Å². The summed E-state index contributed by atoms with van der Waals surface area (Å²) in [5.41, 5.74) is 0. The number of rotatable bonds is 7. The van der Waals surface area contributed by atoms with Gasteiger partial charge in [-0.3, -0.25) is 0 Å². The van der Waals surface area contributed by atoms with Crippen LogP contribution >= 0.6 is 0 Å². The van der Waals surface area contributed by atoms with E-state index < -0.39 is 6.10 Å². The van der Waals surface area contributed by atoms with E-state index in [4.69, 9.17) is 4.42 Å². The van der Waals surface area contributed by atoms with E-state index in [0.717, 1.165) is 32.0 Å². The summed E-state index contributed by atoms with van der Waals surface area (Å²) in [4.78, 5) is 16.6. The Morgan fingerprint density at radius 1 is 1.52 bits per heavy atom. The molecule has 1 saturated carbocycles. The molecule has 23 heavy (non-hydrogen) atoms. The van der Waals surface area contributed by atoms with Gasteiger partial charge in [-0.25, -0.2) is 4.79 Å². The lowest BCUT2D eigenvalue weighted by Crippen LogP contribution is -2.45. The molecule has 128 valence electrons. The topological polar surface area (TPSA) is 69.0 Å². The van der Waals surface area contributed by atoms with E-state index in [9.17, 15) is 9.90 Å². The molecule has 6 nitrogen and oxygen atoms in total. The second-order valence-electron chi connectivity index (χ2n) is 6.70. The van der Waals surface area contributed by atoms with Crippen molar-refractivity contribution in [1.82, 2.24) is 15.1 Å². The van der Waals surface area contributed by atoms with Gasteiger partial charge in [-0.15, -0.1) is 0 Å². The van der Waals surface area contributed by atoms with Crippen molar-refractivity contribution >= 4 is 6.03 Å². The molecule has 0 radical (unpaired) electrons. The van der Waals surface area contributed by atoms with E-state index in [1.54, 1.807) is 18.4 Å². The first-order chi connectivity index (χ1) is 11.1. The number of urea groups is 1. The molecule has 6 heteroatoms. The van der Waals surface area contributed by atoms with E-state index in [2.05, 4.69) is 17.3 Å². The van der Waals surface area contributed by atoms with Crippen LogP contribution in [0.4, 0.5) is 4.79 Å². The third-order valence-corrected chi connectivity index (χ3v) is 4.92. The molecule has 1 aromatic rings. The Kier molecular flexibility index (Phi) is 5.23.